The van der Waals surface area contributed by atoms with Crippen molar-refractivity contribution in [1.82, 2.24) is 4.90 Å². The van der Waals surface area contributed by atoms with Crippen LogP contribution in [0.25, 0.3) is 10.6 Å². The predicted octanol–water partition coefficient (Wildman–Crippen LogP) is 4.53. The van der Waals surface area contributed by atoms with Gasteiger partial charge in [-0.1, -0.05) is 24.3 Å². The van der Waals surface area contributed by atoms with E-state index in [0.717, 1.165) is 52.0 Å². The maximum Gasteiger partial charge on any atom is 0.119 e. The van der Waals surface area contributed by atoms with Crippen LogP contribution in [0.4, 0.5) is 0 Å². The van der Waals surface area contributed by atoms with E-state index in [0.29, 0.717) is 0 Å². The molecule has 2 aromatic rings. The first kappa shape index (κ1) is 15.6. The molecular weight excluding hydrogens is 370 g/mol. The lowest BCUT2D eigenvalue weighted by Crippen LogP contribution is -2.43. The predicted molar refractivity (Wildman–Crippen MR) is 101 cm³/mol. The van der Waals surface area contributed by atoms with Gasteiger partial charge >= 0.3 is 0 Å². The number of thiophene rings is 1. The van der Waals surface area contributed by atoms with Gasteiger partial charge in [-0.15, -0.1) is 11.3 Å². The summed E-state index contributed by atoms with van der Waals surface area (Å²) in [5, 5.41) is 14.1. The zero-order chi connectivity index (χ0) is 16.0. The summed E-state index contributed by atoms with van der Waals surface area (Å²) in [6.45, 7) is 2.09. The molecule has 1 unspecified atom stereocenters. The minimum absolute atomic E-state index is 0.250. The molecule has 1 aromatic heterocycles. The van der Waals surface area contributed by atoms with Crippen molar-refractivity contribution in [2.75, 3.05) is 20.1 Å². The number of hydrogen-bond donors (Lipinski definition) is 1. The molecule has 120 valence electrons. The summed E-state index contributed by atoms with van der Waals surface area (Å²) in [6, 6.07) is 10.4. The highest BCUT2D eigenvalue weighted by Crippen LogP contribution is 2.50. The maximum atomic E-state index is 12.0. The number of nitrogens with zero attached hydrogens (tertiary/aromatic N) is 1. The van der Waals surface area contributed by atoms with Crippen molar-refractivity contribution in [3.8, 4) is 0 Å². The average molecular weight is 390 g/mol. The minimum atomic E-state index is -0.904. The van der Waals surface area contributed by atoms with Crippen LogP contribution >= 0.6 is 27.3 Å². The van der Waals surface area contributed by atoms with Crippen molar-refractivity contribution in [1.29, 1.82) is 0 Å². The normalized spacial score (nSPS) is 25.4. The van der Waals surface area contributed by atoms with Gasteiger partial charge in [0.1, 0.15) is 5.60 Å². The van der Waals surface area contributed by atoms with Gasteiger partial charge in [-0.25, -0.2) is 0 Å². The number of fused-ring (bicyclic) bond motifs is 2. The van der Waals surface area contributed by atoms with Gasteiger partial charge in [0.2, 0.25) is 0 Å². The number of hydrogen-bond acceptors (Lipinski definition) is 3. The highest BCUT2D eigenvalue weighted by atomic mass is 79.9. The molecule has 0 spiro atoms. The highest BCUT2D eigenvalue weighted by Gasteiger charge is 2.45. The van der Waals surface area contributed by atoms with Gasteiger partial charge in [0.05, 0.1) is 0 Å². The Morgan fingerprint density at radius 2 is 1.91 bits per heavy atom. The number of aliphatic hydroxyl groups is 1. The molecular formula is C19H20BrNOS. The van der Waals surface area contributed by atoms with Crippen molar-refractivity contribution in [2.24, 2.45) is 5.92 Å². The van der Waals surface area contributed by atoms with Gasteiger partial charge in [-0.05, 0) is 83.5 Å². The molecule has 1 N–H and O–H groups in total. The van der Waals surface area contributed by atoms with Crippen molar-refractivity contribution >= 4 is 37.8 Å². The Balaban J connectivity index is 1.92. The van der Waals surface area contributed by atoms with E-state index in [1.54, 1.807) is 11.3 Å². The van der Waals surface area contributed by atoms with E-state index in [-0.39, 0.29) is 5.92 Å². The lowest BCUT2D eigenvalue weighted by Gasteiger charge is -2.41. The number of rotatable bonds is 1. The van der Waals surface area contributed by atoms with E-state index < -0.39 is 5.60 Å². The fourth-order valence-electron chi connectivity index (χ4n) is 3.98. The smallest absolute Gasteiger partial charge is 0.119 e. The molecule has 2 nitrogen and oxygen atoms in total. The van der Waals surface area contributed by atoms with Crippen molar-refractivity contribution in [3.63, 3.8) is 0 Å². The van der Waals surface area contributed by atoms with E-state index in [4.69, 9.17) is 0 Å². The third-order valence-corrected chi connectivity index (χ3v) is 7.09. The topological polar surface area (TPSA) is 23.5 Å². The third kappa shape index (κ3) is 2.43. The fourth-order valence-corrected chi connectivity index (χ4v) is 5.58. The van der Waals surface area contributed by atoms with Crippen LogP contribution in [-0.4, -0.2) is 30.1 Å². The van der Waals surface area contributed by atoms with Gasteiger partial charge < -0.3 is 10.0 Å². The van der Waals surface area contributed by atoms with E-state index >= 15 is 0 Å². The monoisotopic (exact) mass is 389 g/mol. The van der Waals surface area contributed by atoms with Crippen molar-refractivity contribution in [3.05, 3.63) is 57.3 Å². The van der Waals surface area contributed by atoms with E-state index in [9.17, 15) is 5.11 Å². The molecule has 1 aliphatic carbocycles. The lowest BCUT2D eigenvalue weighted by molar-refractivity contribution is -0.0107. The molecule has 4 rings (SSSR count). The molecule has 4 heteroatoms. The van der Waals surface area contributed by atoms with Crippen molar-refractivity contribution in [2.45, 2.75) is 18.4 Å². The molecule has 23 heavy (non-hydrogen) atoms. The second kappa shape index (κ2) is 5.85. The minimum Gasteiger partial charge on any atom is -0.380 e. The van der Waals surface area contributed by atoms with E-state index in [2.05, 4.69) is 57.5 Å². The van der Waals surface area contributed by atoms with Crippen molar-refractivity contribution < 1.29 is 5.11 Å². The summed E-state index contributed by atoms with van der Waals surface area (Å²) in [5.74, 6) is 0.250. The van der Waals surface area contributed by atoms with Gasteiger partial charge in [0, 0.05) is 14.9 Å². The number of piperidine rings is 1. The molecule has 1 aromatic carbocycles. The largest absolute Gasteiger partial charge is 0.380 e. The molecule has 0 radical (unpaired) electrons. The Kier molecular flexibility index (Phi) is 3.96. The van der Waals surface area contributed by atoms with Crippen LogP contribution in [-0.2, 0) is 5.60 Å². The van der Waals surface area contributed by atoms with Crippen LogP contribution in [0, 0.1) is 5.92 Å². The number of halogens is 1. The third-order valence-electron chi connectivity index (χ3n) is 5.26. The van der Waals surface area contributed by atoms with Crippen LogP contribution < -0.4 is 0 Å². The van der Waals surface area contributed by atoms with E-state index in [1.807, 2.05) is 12.1 Å². The standard InChI is InChI=1S/C19H20BrNOS/c1-21-9-6-14(7-10-21)19(22)15-5-3-2-4-13(15)12-17(20)18-16(19)8-11-23-18/h2-5,8,11-12,14,22H,6-7,9-10H2,1H3. The second-order valence-electron chi connectivity index (χ2n) is 6.59. The summed E-state index contributed by atoms with van der Waals surface area (Å²) in [7, 11) is 2.16. The molecule has 1 fully saturated rings. The molecule has 1 saturated heterocycles. The first-order chi connectivity index (χ1) is 11.1. The van der Waals surface area contributed by atoms with Gasteiger partial charge in [0.25, 0.3) is 0 Å². The van der Waals surface area contributed by atoms with Gasteiger partial charge in [-0.2, -0.15) is 0 Å². The van der Waals surface area contributed by atoms with Crippen LogP contribution in [0.1, 0.15) is 34.4 Å². The van der Waals surface area contributed by atoms with Crippen LogP contribution in [0.15, 0.2) is 35.7 Å². The Labute approximate surface area is 149 Å². The number of benzene rings is 1. The Bertz CT molecular complexity index is 760. The van der Waals surface area contributed by atoms with Gasteiger partial charge in [0.15, 0.2) is 0 Å². The molecule has 1 aliphatic heterocycles. The first-order valence-corrected chi connectivity index (χ1v) is 9.74. The second-order valence-corrected chi connectivity index (χ2v) is 8.36. The Hall–Kier alpha value is -0.940. The Morgan fingerprint density at radius 3 is 2.70 bits per heavy atom. The van der Waals surface area contributed by atoms with Crippen LogP contribution in [0.3, 0.4) is 0 Å². The van der Waals surface area contributed by atoms with Crippen LogP contribution in [0.2, 0.25) is 0 Å². The summed E-state index contributed by atoms with van der Waals surface area (Å²) in [4.78, 5) is 3.51. The maximum absolute atomic E-state index is 12.0. The Morgan fingerprint density at radius 1 is 1.17 bits per heavy atom. The zero-order valence-electron chi connectivity index (χ0n) is 13.1. The summed E-state index contributed by atoms with van der Waals surface area (Å²) in [6.07, 6.45) is 4.19. The summed E-state index contributed by atoms with van der Waals surface area (Å²) in [5.41, 5.74) is 2.32. The molecule has 0 bridgehead atoms. The molecule has 2 heterocycles. The molecule has 1 atom stereocenters. The van der Waals surface area contributed by atoms with E-state index in [1.165, 1.54) is 0 Å². The average Bonchev–Trinajstić information content (AvgIpc) is 3.02. The zero-order valence-corrected chi connectivity index (χ0v) is 15.5. The van der Waals surface area contributed by atoms with Gasteiger partial charge in [-0.3, -0.25) is 0 Å². The number of likely N-dealkylation sites (tertiary alicyclic amines) is 1. The first-order valence-electron chi connectivity index (χ1n) is 8.06. The molecule has 2 aliphatic rings. The van der Waals surface area contributed by atoms with Crippen LogP contribution in [0.5, 0.6) is 0 Å². The lowest BCUT2D eigenvalue weighted by atomic mass is 9.71. The quantitative estimate of drug-likeness (QED) is 0.773. The SMILES string of the molecule is CN1CCC(C2(O)c3ccccc3C=C(Br)c3sccc32)CC1. The molecule has 0 amide bonds. The fraction of sp³-hybridized carbons (Fsp3) is 0.368. The highest BCUT2D eigenvalue weighted by molar-refractivity contribution is 9.15. The summed E-state index contributed by atoms with van der Waals surface area (Å²) < 4.78 is 1.07. The summed E-state index contributed by atoms with van der Waals surface area (Å²) >= 11 is 5.42. The molecule has 0 saturated carbocycles.